The summed E-state index contributed by atoms with van der Waals surface area (Å²) in [5.74, 6) is -0.693. The first kappa shape index (κ1) is 29.3. The van der Waals surface area contributed by atoms with Gasteiger partial charge in [-0.3, -0.25) is 4.89 Å². The molecule has 4 rings (SSSR count). The van der Waals surface area contributed by atoms with E-state index in [9.17, 15) is 18.0 Å². The van der Waals surface area contributed by atoms with Gasteiger partial charge in [0.05, 0.1) is 23.4 Å². The van der Waals surface area contributed by atoms with E-state index in [1.165, 1.54) is 0 Å². The topological polar surface area (TPSA) is 79.8 Å². The fraction of sp³-hybridized carbons (Fsp3) is 0.414. The third kappa shape index (κ3) is 7.48. The van der Waals surface area contributed by atoms with Gasteiger partial charge in [-0.25, -0.2) is 14.8 Å². The molecule has 0 bridgehead atoms. The number of nitrogens with one attached hydrogen (secondary N) is 1. The molecule has 2 aromatic carbocycles. The van der Waals surface area contributed by atoms with Crippen LogP contribution in [-0.4, -0.2) is 60.7 Å². The third-order valence-electron chi connectivity index (χ3n) is 6.66. The Kier molecular flexibility index (Phi) is 8.95. The molecule has 2 heterocycles. The first-order valence-corrected chi connectivity index (χ1v) is 13.1. The van der Waals surface area contributed by atoms with Crippen LogP contribution in [0.15, 0.2) is 54.7 Å². The minimum Gasteiger partial charge on any atom is -0.369 e. The molecule has 214 valence electrons. The lowest BCUT2D eigenvalue weighted by atomic mass is 9.84. The summed E-state index contributed by atoms with van der Waals surface area (Å²) in [6.45, 7) is 9.22. The van der Waals surface area contributed by atoms with Crippen LogP contribution in [0, 0.1) is 0 Å². The van der Waals surface area contributed by atoms with Crippen molar-refractivity contribution in [3.05, 3.63) is 77.1 Å². The average molecular weight is 558 g/mol. The molecule has 0 amide bonds. The Balaban J connectivity index is 1.43. The van der Waals surface area contributed by atoms with Gasteiger partial charge in [-0.05, 0) is 42.3 Å². The van der Waals surface area contributed by atoms with Gasteiger partial charge < -0.3 is 15.1 Å². The number of likely N-dealkylation sites (N-methyl/N-ethyl adjacent to an activating group) is 1. The molecule has 0 aliphatic carbocycles. The molecule has 1 N–H and O–H groups in total. The maximum atomic E-state index is 13.7. The van der Waals surface area contributed by atoms with E-state index in [4.69, 9.17) is 9.78 Å². The van der Waals surface area contributed by atoms with Crippen LogP contribution in [0.1, 0.15) is 48.0 Å². The lowest BCUT2D eigenvalue weighted by molar-refractivity contribution is -0.240. The van der Waals surface area contributed by atoms with Crippen LogP contribution in [0.2, 0.25) is 0 Å². The van der Waals surface area contributed by atoms with Crippen molar-refractivity contribution < 1.29 is 27.7 Å². The van der Waals surface area contributed by atoms with Gasteiger partial charge in [-0.15, -0.1) is 0 Å². The molecule has 1 aliphatic rings. The lowest BCUT2D eigenvalue weighted by Crippen LogP contribution is -2.44. The minimum absolute atomic E-state index is 0.0228. The number of carbonyl (C=O) groups is 1. The van der Waals surface area contributed by atoms with E-state index in [0.717, 1.165) is 43.6 Å². The quantitative estimate of drug-likeness (QED) is 0.217. The van der Waals surface area contributed by atoms with Crippen LogP contribution in [-0.2, 0) is 27.8 Å². The Morgan fingerprint density at radius 3 is 2.42 bits per heavy atom. The summed E-state index contributed by atoms with van der Waals surface area (Å²) >= 11 is 0. The number of piperazine rings is 1. The number of hydrogen-bond donors (Lipinski definition) is 1. The zero-order valence-electron chi connectivity index (χ0n) is 23.1. The predicted molar refractivity (Wildman–Crippen MR) is 147 cm³/mol. The van der Waals surface area contributed by atoms with E-state index < -0.39 is 17.7 Å². The Morgan fingerprint density at radius 2 is 1.73 bits per heavy atom. The van der Waals surface area contributed by atoms with Gasteiger partial charge in [-0.1, -0.05) is 45.0 Å². The number of rotatable bonds is 8. The molecule has 0 spiro atoms. The summed E-state index contributed by atoms with van der Waals surface area (Å²) in [4.78, 5) is 35.1. The summed E-state index contributed by atoms with van der Waals surface area (Å²) < 4.78 is 41.0. The van der Waals surface area contributed by atoms with E-state index in [1.54, 1.807) is 18.2 Å². The summed E-state index contributed by atoms with van der Waals surface area (Å²) in [6, 6.07) is 14.6. The van der Waals surface area contributed by atoms with Crippen LogP contribution in [0.25, 0.3) is 0 Å². The second kappa shape index (κ2) is 12.2. The van der Waals surface area contributed by atoms with Crippen molar-refractivity contribution in [3.8, 4) is 0 Å². The molecule has 1 aliphatic heterocycles. The molecule has 0 saturated carbocycles. The Bertz CT molecular complexity index is 1320. The van der Waals surface area contributed by atoms with Crippen molar-refractivity contribution in [1.29, 1.82) is 0 Å². The van der Waals surface area contributed by atoms with Crippen molar-refractivity contribution in [1.82, 2.24) is 14.9 Å². The van der Waals surface area contributed by atoms with Crippen LogP contribution in [0.4, 0.5) is 30.5 Å². The third-order valence-corrected chi connectivity index (χ3v) is 6.66. The first-order chi connectivity index (χ1) is 18.9. The highest BCUT2D eigenvalue weighted by molar-refractivity contribution is 5.91. The van der Waals surface area contributed by atoms with Gasteiger partial charge in [0.1, 0.15) is 0 Å². The van der Waals surface area contributed by atoms with Gasteiger partial charge in [-0.2, -0.15) is 18.1 Å². The Labute approximate surface area is 232 Å². The molecule has 0 atom stereocenters. The highest BCUT2D eigenvalue weighted by atomic mass is 19.4. The number of aromatic nitrogens is 2. The molecular weight excluding hydrogens is 523 g/mol. The molecule has 1 saturated heterocycles. The number of carbonyl (C=O) groups excluding carboxylic acids is 1. The highest BCUT2D eigenvalue weighted by Gasteiger charge is 2.35. The zero-order chi connectivity index (χ0) is 28.9. The average Bonchev–Trinajstić information content (AvgIpc) is 2.90. The van der Waals surface area contributed by atoms with Crippen LogP contribution in [0.5, 0.6) is 0 Å². The molecule has 1 aromatic heterocycles. The first-order valence-electron chi connectivity index (χ1n) is 13.1. The Hall–Kier alpha value is -3.70. The van der Waals surface area contributed by atoms with Gasteiger partial charge in [0.15, 0.2) is 0 Å². The summed E-state index contributed by atoms with van der Waals surface area (Å²) in [6.07, 6.45) is -4.15. The van der Waals surface area contributed by atoms with Crippen molar-refractivity contribution in [2.75, 3.05) is 50.1 Å². The van der Waals surface area contributed by atoms with Gasteiger partial charge in [0.25, 0.3) is 0 Å². The van der Waals surface area contributed by atoms with E-state index in [2.05, 4.69) is 32.1 Å². The van der Waals surface area contributed by atoms with Gasteiger partial charge >= 0.3 is 12.1 Å². The second-order valence-corrected chi connectivity index (χ2v) is 10.8. The highest BCUT2D eigenvalue weighted by Crippen LogP contribution is 2.32. The Morgan fingerprint density at radius 1 is 1.00 bits per heavy atom. The zero-order valence-corrected chi connectivity index (χ0v) is 23.1. The minimum atomic E-state index is -4.66. The number of nitrogens with zero attached hydrogens (tertiary/aromatic N) is 4. The van der Waals surface area contributed by atoms with Crippen molar-refractivity contribution in [3.63, 3.8) is 0 Å². The number of anilines is 3. The number of halogens is 3. The van der Waals surface area contributed by atoms with Crippen LogP contribution < -0.4 is 10.2 Å². The lowest BCUT2D eigenvalue weighted by Gasteiger charge is -2.34. The van der Waals surface area contributed by atoms with Crippen LogP contribution >= 0.6 is 0 Å². The fourth-order valence-electron chi connectivity index (χ4n) is 4.47. The fourth-order valence-corrected chi connectivity index (χ4v) is 4.47. The summed E-state index contributed by atoms with van der Waals surface area (Å²) in [5.41, 5.74) is 1.21. The van der Waals surface area contributed by atoms with Crippen molar-refractivity contribution in [2.24, 2.45) is 0 Å². The standard InChI is InChI=1S/C29H34F3N5O3/c1-28(2,3)23-11-6-5-10-22(23)26(38)40-39-17-12-25-24(29(30,31)32)19-33-27(35-25)34-20-8-7-9-21(18-20)37-15-13-36(4)14-16-37/h5-11,18-19H,12-17H2,1-4H3,(H,33,34,35). The number of hydrogen-bond acceptors (Lipinski definition) is 8. The maximum Gasteiger partial charge on any atom is 0.419 e. The molecule has 40 heavy (non-hydrogen) atoms. The van der Waals surface area contributed by atoms with Crippen molar-refractivity contribution >= 4 is 23.3 Å². The monoisotopic (exact) mass is 557 g/mol. The largest absolute Gasteiger partial charge is 0.419 e. The van der Waals surface area contributed by atoms with Gasteiger partial charge in [0.2, 0.25) is 5.95 Å². The molecule has 1 fully saturated rings. The SMILES string of the molecule is CN1CCN(c2cccc(Nc3ncc(C(F)(F)F)c(CCOOC(=O)c4ccccc4C(C)(C)C)n3)c2)CC1. The van der Waals surface area contributed by atoms with E-state index in [-0.39, 0.29) is 30.1 Å². The van der Waals surface area contributed by atoms with E-state index in [0.29, 0.717) is 11.3 Å². The van der Waals surface area contributed by atoms with Crippen molar-refractivity contribution in [2.45, 2.75) is 38.8 Å². The van der Waals surface area contributed by atoms with E-state index >= 15 is 0 Å². The molecular formula is C29H34F3N5O3. The normalized spacial score (nSPS) is 14.7. The van der Waals surface area contributed by atoms with Gasteiger partial charge in [0, 0.05) is 50.2 Å². The molecule has 11 heteroatoms. The maximum absolute atomic E-state index is 13.7. The smallest absolute Gasteiger partial charge is 0.369 e. The number of alkyl halides is 3. The number of benzene rings is 2. The predicted octanol–water partition coefficient (Wildman–Crippen LogP) is 5.62. The molecule has 0 unspecified atom stereocenters. The molecule has 8 nitrogen and oxygen atoms in total. The van der Waals surface area contributed by atoms with E-state index in [1.807, 2.05) is 51.1 Å². The molecule has 0 radical (unpaired) electrons. The summed E-state index contributed by atoms with van der Waals surface area (Å²) in [7, 11) is 2.08. The molecule has 3 aromatic rings. The second-order valence-electron chi connectivity index (χ2n) is 10.8. The summed E-state index contributed by atoms with van der Waals surface area (Å²) in [5, 5.41) is 3.01. The van der Waals surface area contributed by atoms with Crippen LogP contribution in [0.3, 0.4) is 0 Å².